The smallest absolute Gasteiger partial charge is 0.394 e. The van der Waals surface area contributed by atoms with E-state index < -0.39 is 78.5 Å². The van der Waals surface area contributed by atoms with Gasteiger partial charge in [0.05, 0.1) is 25.4 Å². The lowest BCUT2D eigenvalue weighted by molar-refractivity contribution is -0.298. The fraction of sp³-hybridized carbons (Fsp3) is 0.775. The highest BCUT2D eigenvalue weighted by Gasteiger charge is 2.48. The van der Waals surface area contributed by atoms with Crippen molar-refractivity contribution >= 4 is 16.3 Å². The molecule has 8 atom stereocenters. The zero-order chi connectivity index (χ0) is 40.0. The van der Waals surface area contributed by atoms with Crippen molar-refractivity contribution in [1.29, 1.82) is 0 Å². The largest absolute Gasteiger partial charge is 0.397 e. The van der Waals surface area contributed by atoms with Gasteiger partial charge in [0, 0.05) is 0 Å². The maximum atomic E-state index is 13.0. The quantitative estimate of drug-likeness (QED) is 0.0255. The van der Waals surface area contributed by atoms with E-state index in [0.717, 1.165) is 77.0 Å². The lowest BCUT2D eigenvalue weighted by atomic mass is 9.99. The number of ether oxygens (including phenoxy) is 2. The minimum atomic E-state index is -5.12. The van der Waals surface area contributed by atoms with Crippen LogP contribution in [0.15, 0.2) is 48.6 Å². The maximum absolute atomic E-state index is 13.0. The van der Waals surface area contributed by atoms with Crippen molar-refractivity contribution in [2.75, 3.05) is 13.2 Å². The summed E-state index contributed by atoms with van der Waals surface area (Å²) < 4.78 is 47.2. The summed E-state index contributed by atoms with van der Waals surface area (Å²) in [7, 11) is -5.12. The molecule has 7 N–H and O–H groups in total. The highest BCUT2D eigenvalue weighted by atomic mass is 32.3. The van der Waals surface area contributed by atoms with E-state index in [0.29, 0.717) is 12.8 Å². The molecule has 1 saturated heterocycles. The topological polar surface area (TPSA) is 212 Å². The van der Waals surface area contributed by atoms with Crippen LogP contribution < -0.4 is 5.32 Å². The van der Waals surface area contributed by atoms with Crippen LogP contribution in [-0.2, 0) is 28.9 Å². The van der Waals surface area contributed by atoms with E-state index in [1.165, 1.54) is 31.8 Å². The summed E-state index contributed by atoms with van der Waals surface area (Å²) in [5.74, 6) is -0.727. The number of nitrogens with one attached hydrogen (secondary N) is 1. The molecule has 54 heavy (non-hydrogen) atoms. The summed E-state index contributed by atoms with van der Waals surface area (Å²) >= 11 is 0. The van der Waals surface area contributed by atoms with Gasteiger partial charge in [-0.2, -0.15) is 8.42 Å². The van der Waals surface area contributed by atoms with Gasteiger partial charge in [-0.25, -0.2) is 4.18 Å². The normalized spacial score (nSPS) is 22.9. The molecule has 1 aliphatic rings. The minimum Gasteiger partial charge on any atom is -0.394 e. The van der Waals surface area contributed by atoms with Crippen LogP contribution in [0.4, 0.5) is 0 Å². The van der Waals surface area contributed by atoms with Crippen LogP contribution in [0, 0.1) is 0 Å². The van der Waals surface area contributed by atoms with Crippen LogP contribution in [0.2, 0.25) is 0 Å². The molecule has 8 unspecified atom stereocenters. The van der Waals surface area contributed by atoms with Crippen LogP contribution in [0.25, 0.3) is 0 Å². The predicted octanol–water partition coefficient (Wildman–Crippen LogP) is 5.51. The van der Waals surface area contributed by atoms with Gasteiger partial charge in [0.25, 0.3) is 0 Å². The number of carbonyl (C=O) groups is 1. The Morgan fingerprint density at radius 1 is 0.741 bits per heavy atom. The zero-order valence-electron chi connectivity index (χ0n) is 32.6. The Bertz CT molecular complexity index is 1180. The average molecular weight is 790 g/mol. The van der Waals surface area contributed by atoms with E-state index in [4.69, 9.17) is 14.0 Å². The molecular formula is C40H71NO12S. The summed E-state index contributed by atoms with van der Waals surface area (Å²) in [6.45, 7) is 3.05. The molecule has 0 spiro atoms. The minimum absolute atomic E-state index is 0.224. The Labute approximate surface area is 324 Å². The summed E-state index contributed by atoms with van der Waals surface area (Å²) in [5, 5.41) is 54.8. The van der Waals surface area contributed by atoms with Gasteiger partial charge in [0.2, 0.25) is 5.91 Å². The molecule has 0 aromatic rings. The van der Waals surface area contributed by atoms with Crippen molar-refractivity contribution in [2.24, 2.45) is 0 Å². The number of hydrogen-bond acceptors (Lipinski definition) is 11. The van der Waals surface area contributed by atoms with Crippen LogP contribution in [-0.4, -0.2) is 107 Å². The van der Waals surface area contributed by atoms with Crippen molar-refractivity contribution in [3.8, 4) is 0 Å². The van der Waals surface area contributed by atoms with Gasteiger partial charge < -0.3 is 40.3 Å². The van der Waals surface area contributed by atoms with Crippen molar-refractivity contribution in [1.82, 2.24) is 5.32 Å². The van der Waals surface area contributed by atoms with Gasteiger partial charge in [-0.1, -0.05) is 120 Å². The number of allylic oxidation sites excluding steroid dienone is 7. The van der Waals surface area contributed by atoms with E-state index in [1.54, 1.807) is 6.08 Å². The lowest BCUT2D eigenvalue weighted by Crippen LogP contribution is -2.61. The predicted molar refractivity (Wildman–Crippen MR) is 210 cm³/mol. The molecule has 0 saturated carbocycles. The average Bonchev–Trinajstić information content (AvgIpc) is 3.14. The van der Waals surface area contributed by atoms with E-state index in [1.807, 2.05) is 0 Å². The van der Waals surface area contributed by atoms with Gasteiger partial charge >= 0.3 is 10.4 Å². The molecule has 1 fully saturated rings. The first-order chi connectivity index (χ1) is 25.9. The molecule has 14 heteroatoms. The second-order valence-electron chi connectivity index (χ2n) is 14.0. The van der Waals surface area contributed by atoms with Gasteiger partial charge in [-0.05, 0) is 64.2 Å². The van der Waals surface area contributed by atoms with Gasteiger partial charge in [0.15, 0.2) is 6.29 Å². The Kier molecular flexibility index (Phi) is 28.9. The van der Waals surface area contributed by atoms with Crippen LogP contribution in [0.1, 0.15) is 136 Å². The Balaban J connectivity index is 2.70. The fourth-order valence-corrected chi connectivity index (χ4v) is 6.41. The van der Waals surface area contributed by atoms with Crippen LogP contribution in [0.5, 0.6) is 0 Å². The molecular weight excluding hydrogens is 719 g/mol. The van der Waals surface area contributed by atoms with E-state index in [-0.39, 0.29) is 6.42 Å². The Hall–Kier alpha value is -1.98. The monoisotopic (exact) mass is 789 g/mol. The lowest BCUT2D eigenvalue weighted by Gasteiger charge is -2.41. The third-order valence-corrected chi connectivity index (χ3v) is 9.61. The molecule has 0 aromatic carbocycles. The summed E-state index contributed by atoms with van der Waals surface area (Å²) in [5.41, 5.74) is 0. The van der Waals surface area contributed by atoms with Crippen LogP contribution in [0.3, 0.4) is 0 Å². The molecule has 1 heterocycles. The molecule has 314 valence electrons. The number of aliphatic hydroxyl groups is 5. The Morgan fingerprint density at radius 3 is 1.85 bits per heavy atom. The molecule has 0 radical (unpaired) electrons. The molecule has 0 bridgehead atoms. The molecule has 1 aliphatic heterocycles. The third-order valence-electron chi connectivity index (χ3n) is 9.15. The molecule has 1 rings (SSSR count). The molecule has 13 nitrogen and oxygen atoms in total. The first-order valence-corrected chi connectivity index (χ1v) is 21.5. The summed E-state index contributed by atoms with van der Waals surface area (Å²) in [4.78, 5) is 13.0. The van der Waals surface area contributed by atoms with Crippen LogP contribution >= 0.6 is 0 Å². The third kappa shape index (κ3) is 23.8. The number of rotatable bonds is 32. The van der Waals surface area contributed by atoms with E-state index >= 15 is 0 Å². The highest BCUT2D eigenvalue weighted by molar-refractivity contribution is 7.80. The summed E-state index contributed by atoms with van der Waals surface area (Å²) in [6, 6.07) is -1.14. The van der Waals surface area contributed by atoms with Crippen molar-refractivity contribution < 1.29 is 57.0 Å². The zero-order valence-corrected chi connectivity index (χ0v) is 33.4. The first-order valence-electron chi connectivity index (χ1n) is 20.1. The Morgan fingerprint density at radius 2 is 1.28 bits per heavy atom. The second kappa shape index (κ2) is 31.1. The summed E-state index contributed by atoms with van der Waals surface area (Å²) in [6.07, 6.45) is 23.6. The van der Waals surface area contributed by atoms with Crippen molar-refractivity contribution in [3.05, 3.63) is 48.6 Å². The number of carbonyl (C=O) groups excluding carboxylic acids is 1. The number of amides is 1. The van der Waals surface area contributed by atoms with Gasteiger partial charge in [-0.15, -0.1) is 0 Å². The molecule has 0 aliphatic carbocycles. The number of hydrogen-bond donors (Lipinski definition) is 7. The molecule has 1 amide bonds. The maximum Gasteiger partial charge on any atom is 0.397 e. The highest BCUT2D eigenvalue weighted by Crippen LogP contribution is 2.26. The fourth-order valence-electron chi connectivity index (χ4n) is 5.90. The second-order valence-corrected chi connectivity index (χ2v) is 15.0. The van der Waals surface area contributed by atoms with E-state index in [9.17, 15) is 38.7 Å². The standard InChI is InChI=1S/C40H71NO12S/c1-3-5-7-9-11-13-15-16-17-19-21-23-25-27-29-34(44)39(47)41-32(33(43)28-26-24-22-20-18-14-12-10-8-6-4-2)31-51-40-37(46)38(53-54(48,49)50)36(45)35(30-42)52-40/h8,10,13,15,18,20,26,28,32-38,40,42-46H,3-7,9,11-12,14,16-17,19,21-25,27,29-31H2,1-2H3,(H,41,47)(H,48,49,50)/b10-8+,15-13-,20-18+,28-26+. The first kappa shape index (κ1) is 50.0. The van der Waals surface area contributed by atoms with Crippen molar-refractivity contribution in [3.63, 3.8) is 0 Å². The van der Waals surface area contributed by atoms with E-state index in [2.05, 4.69) is 59.8 Å². The SMILES string of the molecule is CCC/C=C/CC/C=C/CC/C=C/C(O)C(COC1OC(CO)C(O)C(OS(=O)(=O)O)C1O)NC(=O)C(O)CCCCCCCC/C=C\CCCCCC. The van der Waals surface area contributed by atoms with Crippen molar-refractivity contribution in [2.45, 2.75) is 185 Å². The van der Waals surface area contributed by atoms with Gasteiger partial charge in [0.1, 0.15) is 30.5 Å². The number of unbranched alkanes of at least 4 members (excludes halogenated alkanes) is 13. The molecule has 0 aromatic heterocycles. The number of aliphatic hydroxyl groups excluding tert-OH is 5. The van der Waals surface area contributed by atoms with Gasteiger partial charge in [-0.3, -0.25) is 9.35 Å².